The van der Waals surface area contributed by atoms with E-state index in [4.69, 9.17) is 4.74 Å². The average Bonchev–Trinajstić information content (AvgIpc) is 3.19. The number of carbonyl (C=O) groups is 1. The molecular weight excluding hydrogens is 290 g/mol. The van der Waals surface area contributed by atoms with Gasteiger partial charge in [0, 0.05) is 38.2 Å². The zero-order chi connectivity index (χ0) is 14.7. The van der Waals surface area contributed by atoms with Gasteiger partial charge in [-0.3, -0.25) is 4.79 Å². The molecule has 8 heteroatoms. The van der Waals surface area contributed by atoms with Crippen molar-refractivity contribution in [2.45, 2.75) is 6.61 Å². The lowest BCUT2D eigenvalue weighted by Gasteiger charge is -2.34. The fraction of sp³-hybridized carbons (Fsp3) is 0.462. The van der Waals surface area contributed by atoms with Gasteiger partial charge in [-0.15, -0.1) is 11.3 Å². The van der Waals surface area contributed by atoms with Gasteiger partial charge in [-0.25, -0.2) is 5.10 Å². The molecule has 2 aromatic rings. The van der Waals surface area contributed by atoms with Crippen LogP contribution in [0.25, 0.3) is 0 Å². The molecule has 0 bridgehead atoms. The topological polar surface area (TPSA) is 74.3 Å². The third-order valence-electron chi connectivity index (χ3n) is 3.52. The van der Waals surface area contributed by atoms with E-state index in [1.165, 1.54) is 6.33 Å². The molecule has 1 amide bonds. The molecule has 0 atom stereocenters. The van der Waals surface area contributed by atoms with Gasteiger partial charge in [-0.2, -0.15) is 10.1 Å². The van der Waals surface area contributed by atoms with Gasteiger partial charge in [-0.1, -0.05) is 0 Å². The first-order chi connectivity index (χ1) is 10.3. The van der Waals surface area contributed by atoms with Crippen LogP contribution in [0.1, 0.15) is 15.2 Å². The predicted molar refractivity (Wildman–Crippen MR) is 79.5 cm³/mol. The van der Waals surface area contributed by atoms with Crippen molar-refractivity contribution in [1.82, 2.24) is 20.1 Å². The molecule has 0 aliphatic carbocycles. The van der Waals surface area contributed by atoms with Crippen LogP contribution >= 0.6 is 11.3 Å². The number of aromatic amines is 1. The Kier molecular flexibility index (Phi) is 4.16. The number of methoxy groups -OCH3 is 1. The molecule has 0 unspecified atom stereocenters. The number of thiophene rings is 1. The summed E-state index contributed by atoms with van der Waals surface area (Å²) < 4.78 is 5.14. The number of H-pyrrole nitrogens is 1. The Labute approximate surface area is 126 Å². The second-order valence-corrected chi connectivity index (χ2v) is 5.78. The maximum absolute atomic E-state index is 12.6. The van der Waals surface area contributed by atoms with E-state index in [9.17, 15) is 4.79 Å². The smallest absolute Gasteiger partial charge is 0.255 e. The molecule has 0 spiro atoms. The highest BCUT2D eigenvalue weighted by molar-refractivity contribution is 7.10. The Morgan fingerprint density at radius 2 is 2.24 bits per heavy atom. The van der Waals surface area contributed by atoms with Crippen molar-refractivity contribution in [2.24, 2.45) is 0 Å². The van der Waals surface area contributed by atoms with Crippen molar-refractivity contribution in [1.29, 1.82) is 0 Å². The van der Waals surface area contributed by atoms with Gasteiger partial charge in [0.2, 0.25) is 5.95 Å². The van der Waals surface area contributed by atoms with Gasteiger partial charge in [0.05, 0.1) is 12.2 Å². The summed E-state index contributed by atoms with van der Waals surface area (Å²) >= 11 is 1.56. The summed E-state index contributed by atoms with van der Waals surface area (Å²) in [6.07, 6.45) is 1.50. The molecule has 1 N–H and O–H groups in total. The van der Waals surface area contributed by atoms with Crippen molar-refractivity contribution < 1.29 is 9.53 Å². The highest BCUT2D eigenvalue weighted by Crippen LogP contribution is 2.20. The molecule has 1 aliphatic heterocycles. The van der Waals surface area contributed by atoms with Crippen LogP contribution in [-0.2, 0) is 11.3 Å². The van der Waals surface area contributed by atoms with Gasteiger partial charge in [0.15, 0.2) is 0 Å². The molecule has 21 heavy (non-hydrogen) atoms. The summed E-state index contributed by atoms with van der Waals surface area (Å²) in [5.41, 5.74) is 0.759. The van der Waals surface area contributed by atoms with E-state index in [1.54, 1.807) is 18.4 Å². The molecule has 2 aromatic heterocycles. The average molecular weight is 307 g/mol. The van der Waals surface area contributed by atoms with E-state index in [0.717, 1.165) is 29.5 Å². The summed E-state index contributed by atoms with van der Waals surface area (Å²) in [5, 5.41) is 8.64. The second kappa shape index (κ2) is 6.23. The third kappa shape index (κ3) is 2.91. The zero-order valence-electron chi connectivity index (χ0n) is 11.8. The second-order valence-electron chi connectivity index (χ2n) is 4.78. The molecule has 3 heterocycles. The number of nitrogens with zero attached hydrogens (tertiary/aromatic N) is 4. The van der Waals surface area contributed by atoms with Crippen LogP contribution in [-0.4, -0.2) is 59.3 Å². The summed E-state index contributed by atoms with van der Waals surface area (Å²) in [7, 11) is 1.64. The minimum absolute atomic E-state index is 0.0838. The number of anilines is 1. The van der Waals surface area contributed by atoms with E-state index < -0.39 is 0 Å². The number of hydrogen-bond donors (Lipinski definition) is 1. The molecule has 3 rings (SSSR count). The Morgan fingerprint density at radius 3 is 2.90 bits per heavy atom. The highest BCUT2D eigenvalue weighted by atomic mass is 32.1. The molecule has 112 valence electrons. The summed E-state index contributed by atoms with van der Waals surface area (Å²) in [6, 6.07) is 1.88. The van der Waals surface area contributed by atoms with E-state index in [-0.39, 0.29) is 5.91 Å². The lowest BCUT2D eigenvalue weighted by Crippen LogP contribution is -2.49. The SMILES string of the molecule is COCc1sccc1C(=O)N1CCN(c2ncn[nH]2)CC1. The first kappa shape index (κ1) is 14.0. The Bertz CT molecular complexity index is 589. The summed E-state index contributed by atoms with van der Waals surface area (Å²) in [6.45, 7) is 3.36. The molecule has 0 radical (unpaired) electrons. The number of ether oxygens (including phenoxy) is 1. The van der Waals surface area contributed by atoms with Crippen LogP contribution in [0.15, 0.2) is 17.8 Å². The third-order valence-corrected chi connectivity index (χ3v) is 4.41. The van der Waals surface area contributed by atoms with Crippen LogP contribution < -0.4 is 4.90 Å². The normalized spacial score (nSPS) is 15.5. The standard InChI is InChI=1S/C13H17N5O2S/c1-20-8-11-10(2-7-21-11)12(19)17-3-5-18(6-4-17)13-14-9-15-16-13/h2,7,9H,3-6,8H2,1H3,(H,14,15,16). The van der Waals surface area contributed by atoms with Gasteiger partial charge in [0.1, 0.15) is 6.33 Å². The number of carbonyl (C=O) groups excluding carboxylic acids is 1. The van der Waals surface area contributed by atoms with E-state index in [1.807, 2.05) is 16.3 Å². The van der Waals surface area contributed by atoms with Gasteiger partial charge >= 0.3 is 0 Å². The van der Waals surface area contributed by atoms with Gasteiger partial charge in [-0.05, 0) is 11.4 Å². The van der Waals surface area contributed by atoms with Crippen LogP contribution in [0.5, 0.6) is 0 Å². The fourth-order valence-electron chi connectivity index (χ4n) is 2.42. The Balaban J connectivity index is 1.63. The quantitative estimate of drug-likeness (QED) is 0.911. The highest BCUT2D eigenvalue weighted by Gasteiger charge is 2.25. The Morgan fingerprint density at radius 1 is 1.43 bits per heavy atom. The van der Waals surface area contributed by atoms with E-state index in [0.29, 0.717) is 19.7 Å². The zero-order valence-corrected chi connectivity index (χ0v) is 12.6. The van der Waals surface area contributed by atoms with E-state index in [2.05, 4.69) is 20.1 Å². The number of piperazine rings is 1. The predicted octanol–water partition coefficient (Wildman–Crippen LogP) is 0.975. The van der Waals surface area contributed by atoms with Crippen LogP contribution in [0.4, 0.5) is 5.95 Å². The maximum Gasteiger partial charge on any atom is 0.255 e. The minimum atomic E-state index is 0.0838. The maximum atomic E-state index is 12.6. The largest absolute Gasteiger partial charge is 0.379 e. The minimum Gasteiger partial charge on any atom is -0.379 e. The first-order valence-corrected chi connectivity index (χ1v) is 7.62. The monoisotopic (exact) mass is 307 g/mol. The molecule has 7 nitrogen and oxygen atoms in total. The van der Waals surface area contributed by atoms with Gasteiger partial charge < -0.3 is 14.5 Å². The molecular formula is C13H17N5O2S. The van der Waals surface area contributed by atoms with Crippen LogP contribution in [0, 0.1) is 0 Å². The van der Waals surface area contributed by atoms with Crippen molar-refractivity contribution in [3.63, 3.8) is 0 Å². The molecule has 0 saturated carbocycles. The molecule has 1 saturated heterocycles. The number of aromatic nitrogens is 3. The summed E-state index contributed by atoms with van der Waals surface area (Å²) in [4.78, 5) is 21.7. The van der Waals surface area contributed by atoms with E-state index >= 15 is 0 Å². The molecule has 1 fully saturated rings. The Hall–Kier alpha value is -1.93. The van der Waals surface area contributed by atoms with Crippen molar-refractivity contribution >= 4 is 23.2 Å². The molecule has 1 aliphatic rings. The van der Waals surface area contributed by atoms with Crippen LogP contribution in [0.3, 0.4) is 0 Å². The van der Waals surface area contributed by atoms with Crippen molar-refractivity contribution in [2.75, 3.05) is 38.2 Å². The van der Waals surface area contributed by atoms with Gasteiger partial charge in [0.25, 0.3) is 5.91 Å². The number of nitrogens with one attached hydrogen (secondary N) is 1. The first-order valence-electron chi connectivity index (χ1n) is 6.74. The number of amides is 1. The van der Waals surface area contributed by atoms with Crippen LogP contribution in [0.2, 0.25) is 0 Å². The lowest BCUT2D eigenvalue weighted by atomic mass is 10.2. The fourth-order valence-corrected chi connectivity index (χ4v) is 3.25. The molecule has 0 aromatic carbocycles. The number of rotatable bonds is 4. The lowest BCUT2D eigenvalue weighted by molar-refractivity contribution is 0.0742. The van der Waals surface area contributed by atoms with Crippen molar-refractivity contribution in [3.8, 4) is 0 Å². The summed E-state index contributed by atoms with van der Waals surface area (Å²) in [5.74, 6) is 0.846. The number of hydrogen-bond acceptors (Lipinski definition) is 6. The van der Waals surface area contributed by atoms with Crippen molar-refractivity contribution in [3.05, 3.63) is 28.2 Å².